The number of hydrogen-bond acceptors (Lipinski definition) is 7. The van der Waals surface area contributed by atoms with Crippen LogP contribution in [0, 0.1) is 18.3 Å². The fraction of sp³-hybridized carbons (Fsp3) is 0.604. The van der Waals surface area contributed by atoms with Crippen LogP contribution < -0.4 is 20.9 Å². The molecule has 60 heavy (non-hydrogen) atoms. The van der Waals surface area contributed by atoms with Gasteiger partial charge in [0.15, 0.2) is 0 Å². The molecule has 0 amide bonds. The number of aryl methyl sites for hydroxylation is 1. The van der Waals surface area contributed by atoms with Gasteiger partial charge in [-0.15, -0.1) is 13.2 Å². The number of allylic oxidation sites excluding steroid dienone is 7. The molecule has 4 aliphatic rings. The third-order valence-electron chi connectivity index (χ3n) is 12.7. The molecule has 1 aromatic rings. The van der Waals surface area contributed by atoms with Crippen molar-refractivity contribution in [3.8, 4) is 0 Å². The maximum absolute atomic E-state index is 6.07. The van der Waals surface area contributed by atoms with Gasteiger partial charge in [-0.1, -0.05) is 90.5 Å². The van der Waals surface area contributed by atoms with E-state index in [0.29, 0.717) is 12.0 Å². The van der Waals surface area contributed by atoms with E-state index in [-0.39, 0.29) is 0 Å². The van der Waals surface area contributed by atoms with Gasteiger partial charge in [-0.25, -0.2) is 0 Å². The van der Waals surface area contributed by atoms with Crippen molar-refractivity contribution in [3.63, 3.8) is 0 Å². The minimum atomic E-state index is 0.373. The summed E-state index contributed by atoms with van der Waals surface area (Å²) in [6.45, 7) is 39.0. The number of fused-ring (bicyclic) bond motifs is 1. The van der Waals surface area contributed by atoms with Crippen molar-refractivity contribution in [2.75, 3.05) is 75.2 Å². The normalized spacial score (nSPS) is 18.9. The summed E-state index contributed by atoms with van der Waals surface area (Å²) in [6, 6.07) is 0. The molecule has 0 bridgehead atoms. The van der Waals surface area contributed by atoms with Crippen molar-refractivity contribution < 1.29 is 0 Å². The number of likely N-dealkylation sites (tertiary alicyclic amines) is 1. The van der Waals surface area contributed by atoms with Crippen LogP contribution in [0.3, 0.4) is 0 Å². The summed E-state index contributed by atoms with van der Waals surface area (Å²) in [7, 11) is 0. The number of aromatic nitrogens is 1. The lowest BCUT2D eigenvalue weighted by Crippen LogP contribution is -2.36. The number of anilines is 2. The zero-order valence-electron chi connectivity index (χ0n) is 39.8. The Bertz CT molecular complexity index is 1620. The highest BCUT2D eigenvalue weighted by molar-refractivity contribution is 5.70. The van der Waals surface area contributed by atoms with Crippen molar-refractivity contribution in [2.24, 2.45) is 17.1 Å². The van der Waals surface area contributed by atoms with Gasteiger partial charge in [0.05, 0.1) is 23.3 Å². The van der Waals surface area contributed by atoms with Crippen LogP contribution in [0.1, 0.15) is 130 Å². The predicted molar refractivity (Wildman–Crippen MR) is 265 cm³/mol. The van der Waals surface area contributed by atoms with Gasteiger partial charge in [0.2, 0.25) is 0 Å². The third kappa shape index (κ3) is 16.6. The van der Waals surface area contributed by atoms with Gasteiger partial charge >= 0.3 is 0 Å². The highest BCUT2D eigenvalue weighted by Crippen LogP contribution is 2.37. The zero-order chi connectivity index (χ0) is 43.9. The molecular formula is C53H87N7. The van der Waals surface area contributed by atoms with E-state index >= 15 is 0 Å². The molecule has 4 heterocycles. The third-order valence-corrected chi connectivity index (χ3v) is 12.7. The van der Waals surface area contributed by atoms with Gasteiger partial charge in [-0.2, -0.15) is 0 Å². The second-order valence-electron chi connectivity index (χ2n) is 18.1. The first kappa shape index (κ1) is 50.5. The van der Waals surface area contributed by atoms with E-state index in [2.05, 4.69) is 155 Å². The molecular weight excluding hydrogens is 735 g/mol. The molecule has 3 N–H and O–H groups in total. The largest absolute Gasteiger partial charge is 0.372 e. The number of nitrogens with two attached hydrogens (primary N) is 1. The molecule has 0 radical (unpaired) electrons. The molecule has 7 heteroatoms. The lowest BCUT2D eigenvalue weighted by atomic mass is 9.90. The Morgan fingerprint density at radius 1 is 1.00 bits per heavy atom. The molecule has 1 aromatic heterocycles. The topological polar surface area (TPSA) is 63.9 Å². The van der Waals surface area contributed by atoms with Crippen molar-refractivity contribution in [1.29, 1.82) is 0 Å². The Labute approximate surface area is 369 Å². The predicted octanol–water partition coefficient (Wildman–Crippen LogP) is 11.8. The first-order valence-corrected chi connectivity index (χ1v) is 23.7. The van der Waals surface area contributed by atoms with Crippen LogP contribution in [0.2, 0.25) is 0 Å². The second-order valence-corrected chi connectivity index (χ2v) is 18.1. The average Bonchev–Trinajstić information content (AvgIpc) is 3.26. The first-order chi connectivity index (χ1) is 29.0. The summed E-state index contributed by atoms with van der Waals surface area (Å²) in [6.07, 6.45) is 34.5. The summed E-state index contributed by atoms with van der Waals surface area (Å²) in [4.78, 5) is 15.1. The molecule has 0 spiro atoms. The smallest absolute Gasteiger partial charge is 0.0641 e. The van der Waals surface area contributed by atoms with E-state index in [0.717, 1.165) is 69.4 Å². The Kier molecular flexibility index (Phi) is 22.9. The van der Waals surface area contributed by atoms with Gasteiger partial charge in [-0.3, -0.25) is 4.98 Å². The van der Waals surface area contributed by atoms with Crippen LogP contribution in [0.25, 0.3) is 0 Å². The second kappa shape index (κ2) is 27.2. The summed E-state index contributed by atoms with van der Waals surface area (Å²) in [5.41, 5.74) is 18.1. The molecule has 2 saturated heterocycles. The Hall–Kier alpha value is -3.81. The Balaban J connectivity index is 0.000000505. The van der Waals surface area contributed by atoms with Gasteiger partial charge in [-0.05, 0) is 144 Å². The van der Waals surface area contributed by atoms with Gasteiger partial charge in [0, 0.05) is 63.4 Å². The van der Waals surface area contributed by atoms with E-state index in [1.54, 1.807) is 5.57 Å². The van der Waals surface area contributed by atoms with Crippen LogP contribution >= 0.6 is 0 Å². The van der Waals surface area contributed by atoms with Crippen molar-refractivity contribution in [1.82, 2.24) is 20.1 Å². The average molecular weight is 822 g/mol. The Morgan fingerprint density at radius 2 is 1.75 bits per heavy atom. The summed E-state index contributed by atoms with van der Waals surface area (Å²) < 4.78 is 0. The maximum Gasteiger partial charge on any atom is 0.0641 e. The minimum absolute atomic E-state index is 0.373. The van der Waals surface area contributed by atoms with Crippen LogP contribution in [0.15, 0.2) is 103 Å². The maximum atomic E-state index is 6.07. The summed E-state index contributed by atoms with van der Waals surface area (Å²) in [5, 5.41) is 3.58. The number of pyridine rings is 1. The number of nitrogens with zero attached hydrogens (tertiary/aromatic N) is 5. The molecule has 0 atom stereocenters. The Morgan fingerprint density at radius 3 is 2.38 bits per heavy atom. The first-order valence-electron chi connectivity index (χ1n) is 23.7. The van der Waals surface area contributed by atoms with Crippen LogP contribution in [-0.2, 0) is 6.42 Å². The number of nitrogens with one attached hydrogen (secondary N) is 1. The highest BCUT2D eigenvalue weighted by Gasteiger charge is 2.26. The van der Waals surface area contributed by atoms with Gasteiger partial charge in [0.25, 0.3) is 0 Å². The SMILES string of the molecule is C=C.C=C(/C=C\C(=C/C)N/C=C1/CCN(c2cnc3c(c2C)N(CCCC(C)(C)C)CCC3)C/C1=C/CN)N1CCC(CC)CC1.CCN(CC)CCCC1=CCCC=C1. The van der Waals surface area contributed by atoms with Crippen LogP contribution in [0.4, 0.5) is 11.4 Å². The van der Waals surface area contributed by atoms with E-state index in [1.165, 1.54) is 118 Å². The standard InChI is InChI=1S/C38H60N6.C13H23N.C2H4/c1-8-31-16-23-42(24-17-31)29(3)13-14-34(9-2)40-26-32-18-25-44(28-33(32)15-20-39)36-27-41-35-12-10-21-43(37(35)30(36)4)22-11-19-38(5,6)7;1-3-14(4-2)12-8-11-13-9-6-5-7-10-13;1-2/h9,13-15,26-27,31,40H,3,8,10-12,16-25,28,39H2,1-2,4-7H3;6,9-10H,3-5,7-8,11-12H2,1-2H3;1-2H2/b14-13-,32-26-,33-15-,34-9+;;. The monoisotopic (exact) mass is 822 g/mol. The zero-order valence-corrected chi connectivity index (χ0v) is 39.8. The van der Waals surface area contributed by atoms with Gasteiger partial charge < -0.3 is 30.7 Å². The minimum Gasteiger partial charge on any atom is -0.372 e. The summed E-state index contributed by atoms with van der Waals surface area (Å²) in [5.74, 6) is 0.870. The molecule has 1 aliphatic carbocycles. The number of hydrogen-bond donors (Lipinski definition) is 2. The molecule has 334 valence electrons. The summed E-state index contributed by atoms with van der Waals surface area (Å²) >= 11 is 0. The fourth-order valence-corrected chi connectivity index (χ4v) is 8.86. The number of piperidine rings is 2. The van der Waals surface area contributed by atoms with Crippen molar-refractivity contribution >= 4 is 11.4 Å². The molecule has 5 rings (SSSR count). The van der Waals surface area contributed by atoms with Crippen LogP contribution in [0.5, 0.6) is 0 Å². The van der Waals surface area contributed by atoms with Crippen molar-refractivity contribution in [3.05, 3.63) is 114 Å². The number of rotatable bonds is 17. The quantitative estimate of drug-likeness (QED) is 0.120. The lowest BCUT2D eigenvalue weighted by molar-refractivity contribution is 0.229. The lowest BCUT2D eigenvalue weighted by Gasteiger charge is -2.37. The fourth-order valence-electron chi connectivity index (χ4n) is 8.86. The molecule has 0 unspecified atom stereocenters. The van der Waals surface area contributed by atoms with Crippen molar-refractivity contribution in [2.45, 2.75) is 132 Å². The molecule has 0 saturated carbocycles. The van der Waals surface area contributed by atoms with Gasteiger partial charge in [0.1, 0.15) is 0 Å². The molecule has 3 aliphatic heterocycles. The molecule has 7 nitrogen and oxygen atoms in total. The molecule has 0 aromatic carbocycles. The van der Waals surface area contributed by atoms with E-state index in [9.17, 15) is 0 Å². The van der Waals surface area contributed by atoms with E-state index < -0.39 is 0 Å². The van der Waals surface area contributed by atoms with E-state index in [4.69, 9.17) is 10.7 Å². The highest BCUT2D eigenvalue weighted by atomic mass is 15.2. The van der Waals surface area contributed by atoms with E-state index in [1.807, 2.05) is 0 Å². The van der Waals surface area contributed by atoms with Crippen LogP contribution in [-0.4, -0.2) is 80.2 Å². The molecule has 2 fully saturated rings.